The molecule has 1 aromatic rings. The van der Waals surface area contributed by atoms with Crippen LogP contribution < -0.4 is 5.32 Å². The minimum Gasteiger partial charge on any atom is -0.313 e. The van der Waals surface area contributed by atoms with Gasteiger partial charge in [-0.25, -0.2) is 0 Å². The summed E-state index contributed by atoms with van der Waals surface area (Å²) in [6.45, 7) is 2.67. The topological polar surface area (TPSA) is 58.4 Å². The molecule has 0 aliphatic rings. The van der Waals surface area contributed by atoms with E-state index in [1.807, 2.05) is 6.07 Å². The Labute approximate surface area is 122 Å². The van der Waals surface area contributed by atoms with Crippen molar-refractivity contribution in [2.45, 2.75) is 19.4 Å². The molecule has 0 aliphatic carbocycles. The summed E-state index contributed by atoms with van der Waals surface area (Å²) in [7, 11) is 4.13. The van der Waals surface area contributed by atoms with Crippen molar-refractivity contribution in [1.82, 2.24) is 10.2 Å². The molecule has 106 valence electrons. The lowest BCUT2D eigenvalue weighted by Gasteiger charge is -2.09. The Morgan fingerprint density at radius 1 is 1.32 bits per heavy atom. The maximum Gasteiger partial charge on any atom is 0.270 e. The molecule has 1 N–H and O–H groups in total. The van der Waals surface area contributed by atoms with Gasteiger partial charge in [-0.05, 0) is 51.7 Å². The van der Waals surface area contributed by atoms with Crippen LogP contribution in [0.2, 0.25) is 0 Å². The maximum atomic E-state index is 10.7. The molecule has 1 rings (SSSR count). The van der Waals surface area contributed by atoms with E-state index in [4.69, 9.17) is 0 Å². The summed E-state index contributed by atoms with van der Waals surface area (Å²) in [5, 5.41) is 14.1. The van der Waals surface area contributed by atoms with Crippen LogP contribution in [-0.2, 0) is 6.54 Å². The van der Waals surface area contributed by atoms with E-state index < -0.39 is 0 Å². The Morgan fingerprint density at radius 3 is 2.68 bits per heavy atom. The predicted molar refractivity (Wildman–Crippen MR) is 80.3 cm³/mol. The SMILES string of the molecule is CN(C)CCCCNCc1cc(Br)cc([N+](=O)[O-])c1. The van der Waals surface area contributed by atoms with Crippen molar-refractivity contribution in [3.8, 4) is 0 Å². The van der Waals surface area contributed by atoms with Crippen molar-refractivity contribution < 1.29 is 4.92 Å². The average molecular weight is 330 g/mol. The third-order valence-corrected chi connectivity index (χ3v) is 3.15. The molecule has 0 spiro atoms. The maximum absolute atomic E-state index is 10.7. The molecular weight excluding hydrogens is 310 g/mol. The molecule has 0 aliphatic heterocycles. The van der Waals surface area contributed by atoms with E-state index in [-0.39, 0.29) is 10.6 Å². The Morgan fingerprint density at radius 2 is 2.05 bits per heavy atom. The second-order valence-corrected chi connectivity index (χ2v) is 5.68. The molecule has 1 aromatic carbocycles. The fourth-order valence-electron chi connectivity index (χ4n) is 1.75. The normalized spacial score (nSPS) is 10.9. The van der Waals surface area contributed by atoms with E-state index in [0.717, 1.165) is 36.0 Å². The molecule has 0 radical (unpaired) electrons. The molecule has 19 heavy (non-hydrogen) atoms. The number of hydrogen-bond donors (Lipinski definition) is 1. The quantitative estimate of drug-likeness (QED) is 0.452. The van der Waals surface area contributed by atoms with Crippen LogP contribution in [0.1, 0.15) is 18.4 Å². The van der Waals surface area contributed by atoms with Crippen LogP contribution >= 0.6 is 15.9 Å². The summed E-state index contributed by atoms with van der Waals surface area (Å²) < 4.78 is 0.742. The van der Waals surface area contributed by atoms with Crippen molar-refractivity contribution in [2.75, 3.05) is 27.2 Å². The van der Waals surface area contributed by atoms with E-state index in [2.05, 4.69) is 40.2 Å². The molecular formula is C13H20BrN3O2. The minimum absolute atomic E-state index is 0.124. The van der Waals surface area contributed by atoms with Crippen LogP contribution in [0.25, 0.3) is 0 Å². The molecule has 6 heteroatoms. The van der Waals surface area contributed by atoms with Gasteiger partial charge in [0.2, 0.25) is 0 Å². The molecule has 0 unspecified atom stereocenters. The summed E-state index contributed by atoms with van der Waals surface area (Å²) in [4.78, 5) is 12.5. The summed E-state index contributed by atoms with van der Waals surface area (Å²) in [5.74, 6) is 0. The predicted octanol–water partition coefficient (Wildman–Crippen LogP) is 2.79. The zero-order valence-electron chi connectivity index (χ0n) is 11.4. The first-order valence-corrected chi connectivity index (χ1v) is 7.07. The summed E-state index contributed by atoms with van der Waals surface area (Å²) in [5.41, 5.74) is 1.05. The lowest BCUT2D eigenvalue weighted by Crippen LogP contribution is -2.18. The van der Waals surface area contributed by atoms with Crippen LogP contribution in [0.3, 0.4) is 0 Å². The first-order valence-electron chi connectivity index (χ1n) is 6.28. The summed E-state index contributed by atoms with van der Waals surface area (Å²) >= 11 is 3.29. The molecule has 0 amide bonds. The van der Waals surface area contributed by atoms with Gasteiger partial charge in [0.05, 0.1) is 4.92 Å². The van der Waals surface area contributed by atoms with Crippen LogP contribution in [-0.4, -0.2) is 37.0 Å². The number of non-ortho nitro benzene ring substituents is 1. The van der Waals surface area contributed by atoms with E-state index in [0.29, 0.717) is 6.54 Å². The Balaban J connectivity index is 2.35. The van der Waals surface area contributed by atoms with Gasteiger partial charge in [0.1, 0.15) is 0 Å². The molecule has 0 atom stereocenters. The van der Waals surface area contributed by atoms with Crippen molar-refractivity contribution in [2.24, 2.45) is 0 Å². The van der Waals surface area contributed by atoms with E-state index >= 15 is 0 Å². The molecule has 0 bridgehead atoms. The summed E-state index contributed by atoms with van der Waals surface area (Å²) in [6, 6.07) is 5.03. The van der Waals surface area contributed by atoms with Crippen LogP contribution in [0, 0.1) is 10.1 Å². The number of nitrogens with zero attached hydrogens (tertiary/aromatic N) is 2. The van der Waals surface area contributed by atoms with E-state index in [9.17, 15) is 10.1 Å². The number of hydrogen-bond acceptors (Lipinski definition) is 4. The minimum atomic E-state index is -0.370. The number of unbranched alkanes of at least 4 members (excludes halogenated alkanes) is 1. The third kappa shape index (κ3) is 6.66. The number of nitro benzene ring substituents is 1. The fourth-order valence-corrected chi connectivity index (χ4v) is 2.28. The highest BCUT2D eigenvalue weighted by Crippen LogP contribution is 2.21. The highest BCUT2D eigenvalue weighted by atomic mass is 79.9. The molecule has 0 heterocycles. The number of halogens is 1. The lowest BCUT2D eigenvalue weighted by atomic mass is 10.2. The first-order chi connectivity index (χ1) is 8.99. The Bertz CT molecular complexity index is 424. The fraction of sp³-hybridized carbons (Fsp3) is 0.538. The van der Waals surface area contributed by atoms with Gasteiger partial charge in [0.25, 0.3) is 5.69 Å². The van der Waals surface area contributed by atoms with Crippen molar-refractivity contribution in [3.05, 3.63) is 38.3 Å². The Hall–Kier alpha value is -0.980. The van der Waals surface area contributed by atoms with Gasteiger partial charge < -0.3 is 10.2 Å². The van der Waals surface area contributed by atoms with Crippen molar-refractivity contribution in [3.63, 3.8) is 0 Å². The molecule has 0 saturated heterocycles. The van der Waals surface area contributed by atoms with Crippen molar-refractivity contribution >= 4 is 21.6 Å². The van der Waals surface area contributed by atoms with Crippen LogP contribution in [0.4, 0.5) is 5.69 Å². The van der Waals surface area contributed by atoms with E-state index in [1.165, 1.54) is 6.07 Å². The molecule has 0 saturated carbocycles. The van der Waals surface area contributed by atoms with Gasteiger partial charge in [-0.15, -0.1) is 0 Å². The first kappa shape index (κ1) is 16.1. The van der Waals surface area contributed by atoms with Gasteiger partial charge in [-0.3, -0.25) is 10.1 Å². The monoisotopic (exact) mass is 329 g/mol. The Kier molecular flexibility index (Phi) is 6.97. The summed E-state index contributed by atoms with van der Waals surface area (Å²) in [6.07, 6.45) is 2.26. The van der Waals surface area contributed by atoms with Crippen LogP contribution in [0.5, 0.6) is 0 Å². The van der Waals surface area contributed by atoms with Gasteiger partial charge in [-0.2, -0.15) is 0 Å². The van der Waals surface area contributed by atoms with Crippen molar-refractivity contribution in [1.29, 1.82) is 0 Å². The number of rotatable bonds is 8. The van der Waals surface area contributed by atoms with E-state index in [1.54, 1.807) is 6.07 Å². The number of nitro groups is 1. The van der Waals surface area contributed by atoms with Gasteiger partial charge in [-0.1, -0.05) is 15.9 Å². The van der Waals surface area contributed by atoms with Crippen LogP contribution in [0.15, 0.2) is 22.7 Å². The zero-order chi connectivity index (χ0) is 14.3. The zero-order valence-corrected chi connectivity index (χ0v) is 12.9. The van der Waals surface area contributed by atoms with Gasteiger partial charge in [0.15, 0.2) is 0 Å². The molecule has 0 aromatic heterocycles. The third-order valence-electron chi connectivity index (χ3n) is 2.69. The largest absolute Gasteiger partial charge is 0.313 e. The standard InChI is InChI=1S/C13H20BrN3O2/c1-16(2)6-4-3-5-15-10-11-7-12(14)9-13(8-11)17(18)19/h7-9,15H,3-6,10H2,1-2H3. The second kappa shape index (κ2) is 8.24. The molecule has 0 fully saturated rings. The molecule has 5 nitrogen and oxygen atoms in total. The smallest absolute Gasteiger partial charge is 0.270 e. The second-order valence-electron chi connectivity index (χ2n) is 4.76. The highest BCUT2D eigenvalue weighted by Gasteiger charge is 2.08. The average Bonchev–Trinajstić information content (AvgIpc) is 2.32. The lowest BCUT2D eigenvalue weighted by molar-refractivity contribution is -0.385. The highest BCUT2D eigenvalue weighted by molar-refractivity contribution is 9.10. The van der Waals surface area contributed by atoms with Gasteiger partial charge >= 0.3 is 0 Å². The van der Waals surface area contributed by atoms with Gasteiger partial charge in [0, 0.05) is 23.2 Å². The number of nitrogens with one attached hydrogen (secondary N) is 1. The number of benzene rings is 1.